The molecular weight excluding hydrogens is 859 g/mol. The minimum absolute atomic E-state index is 0.0477. The summed E-state index contributed by atoms with van der Waals surface area (Å²) in [4.78, 5) is 104. The maximum atomic E-state index is 13.8. The van der Waals surface area contributed by atoms with Gasteiger partial charge < -0.3 is 45.5 Å². The number of carbonyl (C=O) groups excluding carboxylic acids is 8. The number of esters is 3. The van der Waals surface area contributed by atoms with Gasteiger partial charge in [-0.1, -0.05) is 121 Å². The number of carbonyl (C=O) groups is 8. The first-order valence-corrected chi connectivity index (χ1v) is 21.8. The topological polar surface area (TPSA) is 234 Å². The third-order valence-electron chi connectivity index (χ3n) is 9.37. The van der Waals surface area contributed by atoms with Gasteiger partial charge in [0.05, 0.1) is 0 Å². The van der Waals surface area contributed by atoms with E-state index in [1.54, 1.807) is 103 Å². The molecule has 0 radical (unpaired) electrons. The molecule has 0 saturated heterocycles. The van der Waals surface area contributed by atoms with Gasteiger partial charge in [0.2, 0.25) is 24.1 Å². The van der Waals surface area contributed by atoms with Crippen molar-refractivity contribution in [3.63, 3.8) is 0 Å². The number of ether oxygens (including phenoxy) is 4. The molecule has 0 unspecified atom stereocenters. The molecule has 17 nitrogen and oxygen atoms in total. The normalized spacial score (nSPS) is 12.9. The second-order valence-corrected chi connectivity index (χ2v) is 15.6. The molecule has 5 amide bonds. The van der Waals surface area contributed by atoms with Crippen molar-refractivity contribution in [3.05, 3.63) is 144 Å². The van der Waals surface area contributed by atoms with Crippen LogP contribution in [-0.4, -0.2) is 89.8 Å². The Morgan fingerprint density at radius 3 is 1.40 bits per heavy atom. The van der Waals surface area contributed by atoms with Gasteiger partial charge in [0.15, 0.2) is 0 Å². The van der Waals surface area contributed by atoms with Crippen molar-refractivity contribution in [2.75, 3.05) is 11.5 Å². The number of nitrogens with one attached hydrogen (secondary N) is 5. The summed E-state index contributed by atoms with van der Waals surface area (Å²) < 4.78 is 21.7. The van der Waals surface area contributed by atoms with Gasteiger partial charge in [-0.3, -0.25) is 19.2 Å². The molecule has 0 bridgehead atoms. The van der Waals surface area contributed by atoms with Gasteiger partial charge in [-0.15, -0.1) is 0 Å². The summed E-state index contributed by atoms with van der Waals surface area (Å²) in [5.41, 5.74) is 2.82. The van der Waals surface area contributed by atoms with Crippen LogP contribution in [0.3, 0.4) is 0 Å². The molecule has 0 aliphatic carbocycles. The molecule has 0 saturated carbocycles. The number of alkyl carbamates (subject to hydrolysis) is 1. The predicted molar refractivity (Wildman–Crippen MR) is 239 cm³/mol. The Hall–Kier alpha value is -7.21. The largest absolute Gasteiger partial charge is 0.459 e. The molecular formula is C47H53N5O12S. The molecule has 4 rings (SSSR count). The quantitative estimate of drug-likeness (QED) is 0.0345. The average Bonchev–Trinajstić information content (AvgIpc) is 3.32. The van der Waals surface area contributed by atoms with Gasteiger partial charge in [-0.05, 0) is 42.5 Å². The lowest BCUT2D eigenvalue weighted by Gasteiger charge is -2.23. The van der Waals surface area contributed by atoms with Crippen LogP contribution in [0.15, 0.2) is 121 Å². The van der Waals surface area contributed by atoms with E-state index in [0.29, 0.717) is 23.1 Å². The van der Waals surface area contributed by atoms with Gasteiger partial charge in [0.1, 0.15) is 56.6 Å². The van der Waals surface area contributed by atoms with Crippen LogP contribution >= 0.6 is 11.8 Å². The molecule has 65 heavy (non-hydrogen) atoms. The van der Waals surface area contributed by atoms with Gasteiger partial charge in [0.25, 0.3) is 0 Å². The van der Waals surface area contributed by atoms with Crippen molar-refractivity contribution < 1.29 is 57.3 Å². The van der Waals surface area contributed by atoms with E-state index < -0.39 is 78.4 Å². The summed E-state index contributed by atoms with van der Waals surface area (Å²) >= 11 is 1.01. The Morgan fingerprint density at radius 1 is 0.492 bits per heavy atom. The van der Waals surface area contributed by atoms with Crippen molar-refractivity contribution in [1.82, 2.24) is 26.6 Å². The Balaban J connectivity index is 1.46. The van der Waals surface area contributed by atoms with Crippen LogP contribution < -0.4 is 26.6 Å². The van der Waals surface area contributed by atoms with Crippen LogP contribution in [0.25, 0.3) is 0 Å². The molecule has 0 aliphatic heterocycles. The van der Waals surface area contributed by atoms with Crippen LogP contribution in [0.5, 0.6) is 0 Å². The van der Waals surface area contributed by atoms with Crippen molar-refractivity contribution in [1.29, 1.82) is 0 Å². The highest BCUT2D eigenvalue weighted by Gasteiger charge is 2.30. The standard InChI is InChI=1S/C47H53N5O12S/c1-32(48-31-53)42(55)51-38(45(58)62-26-35-17-9-4-10-18-35)23-24-41(54)50-39(43(56)49-33(2)44(57)61-25-34-15-7-3-8-16-34)29-65-30-40(46(59)63-27-36-19-11-5-12-20-36)52-47(60)64-28-37-21-13-6-14-22-37/h3-22,31-33,38-40H,23-30H2,1-2H3,(H,48,53)(H,49,56)(H,50,54)(H,51,55)(H,52,60)/t32-,33+,38+,39+,40-/m0/s1. The number of rotatable bonds is 26. The monoisotopic (exact) mass is 911 g/mol. The zero-order chi connectivity index (χ0) is 46.8. The molecule has 5 N–H and O–H groups in total. The fourth-order valence-corrected chi connectivity index (χ4v) is 6.77. The zero-order valence-electron chi connectivity index (χ0n) is 36.0. The van der Waals surface area contributed by atoms with E-state index in [2.05, 4.69) is 26.6 Å². The van der Waals surface area contributed by atoms with Gasteiger partial charge in [-0.25, -0.2) is 19.2 Å². The first-order valence-electron chi connectivity index (χ1n) is 20.7. The molecule has 4 aromatic carbocycles. The molecule has 344 valence electrons. The Morgan fingerprint density at radius 2 is 0.923 bits per heavy atom. The summed E-state index contributed by atoms with van der Waals surface area (Å²) in [6.07, 6.45) is -1.24. The van der Waals surface area contributed by atoms with Crippen molar-refractivity contribution in [2.45, 2.75) is 83.3 Å². The van der Waals surface area contributed by atoms with E-state index >= 15 is 0 Å². The Labute approximate surface area is 381 Å². The number of benzene rings is 4. The summed E-state index contributed by atoms with van der Waals surface area (Å²) in [5, 5.41) is 12.5. The lowest BCUT2D eigenvalue weighted by molar-refractivity contribution is -0.149. The van der Waals surface area contributed by atoms with E-state index in [4.69, 9.17) is 18.9 Å². The van der Waals surface area contributed by atoms with E-state index in [0.717, 1.165) is 17.3 Å². The fraction of sp³-hybridized carbons (Fsp3) is 0.319. The van der Waals surface area contributed by atoms with E-state index in [1.807, 2.05) is 18.2 Å². The second kappa shape index (κ2) is 27.8. The lowest BCUT2D eigenvalue weighted by Crippen LogP contribution is -2.53. The molecule has 0 fully saturated rings. The highest BCUT2D eigenvalue weighted by Crippen LogP contribution is 2.13. The summed E-state index contributed by atoms with van der Waals surface area (Å²) in [6, 6.07) is 29.4. The van der Waals surface area contributed by atoms with Gasteiger partial charge >= 0.3 is 24.0 Å². The number of hydrogen-bond donors (Lipinski definition) is 5. The summed E-state index contributed by atoms with van der Waals surface area (Å²) in [5.74, 6) is -4.92. The Kier molecular flexibility index (Phi) is 21.5. The molecule has 4 aromatic rings. The van der Waals surface area contributed by atoms with Crippen LogP contribution in [0.1, 0.15) is 48.9 Å². The van der Waals surface area contributed by atoms with Crippen LogP contribution in [0, 0.1) is 0 Å². The molecule has 18 heteroatoms. The predicted octanol–water partition coefficient (Wildman–Crippen LogP) is 3.63. The highest BCUT2D eigenvalue weighted by molar-refractivity contribution is 7.99. The molecule has 0 aromatic heterocycles. The van der Waals surface area contributed by atoms with E-state index in [-0.39, 0.29) is 44.4 Å². The summed E-state index contributed by atoms with van der Waals surface area (Å²) in [6.45, 7) is 2.49. The first kappa shape index (κ1) is 50.4. The van der Waals surface area contributed by atoms with Crippen molar-refractivity contribution >= 4 is 59.9 Å². The number of thioether (sulfide) groups is 1. The van der Waals surface area contributed by atoms with Crippen LogP contribution in [-0.2, 0) is 78.9 Å². The zero-order valence-corrected chi connectivity index (χ0v) is 36.8. The lowest BCUT2D eigenvalue weighted by atomic mass is 10.1. The average molecular weight is 912 g/mol. The smallest absolute Gasteiger partial charge is 0.408 e. The highest BCUT2D eigenvalue weighted by atomic mass is 32.2. The van der Waals surface area contributed by atoms with Crippen molar-refractivity contribution in [3.8, 4) is 0 Å². The second-order valence-electron chi connectivity index (χ2n) is 14.5. The first-order chi connectivity index (χ1) is 31.4. The van der Waals surface area contributed by atoms with Crippen LogP contribution in [0.4, 0.5) is 4.79 Å². The third-order valence-corrected chi connectivity index (χ3v) is 10.5. The molecule has 0 aliphatic rings. The maximum absolute atomic E-state index is 13.8. The van der Waals surface area contributed by atoms with Gasteiger partial charge in [-0.2, -0.15) is 11.8 Å². The van der Waals surface area contributed by atoms with Crippen LogP contribution in [0.2, 0.25) is 0 Å². The fourth-order valence-electron chi connectivity index (χ4n) is 5.71. The van der Waals surface area contributed by atoms with E-state index in [1.165, 1.54) is 13.8 Å². The van der Waals surface area contributed by atoms with E-state index in [9.17, 15) is 38.4 Å². The minimum Gasteiger partial charge on any atom is -0.459 e. The SMILES string of the molecule is C[C@H](NC=O)C(=O)N[C@H](CCC(=O)N[C@H](CSC[C@H](NC(=O)OCc1ccccc1)C(=O)OCc1ccccc1)C(=O)N[C@H](C)C(=O)OCc1ccccc1)C(=O)OCc1ccccc1. The molecule has 0 spiro atoms. The molecule has 0 heterocycles. The Bertz CT molecular complexity index is 2150. The number of amides is 5. The number of hydrogen-bond acceptors (Lipinski definition) is 13. The molecule has 5 atom stereocenters. The van der Waals surface area contributed by atoms with Gasteiger partial charge in [0, 0.05) is 17.9 Å². The third kappa shape index (κ3) is 19.0. The minimum atomic E-state index is -1.34. The maximum Gasteiger partial charge on any atom is 0.408 e. The summed E-state index contributed by atoms with van der Waals surface area (Å²) in [7, 11) is 0. The van der Waals surface area contributed by atoms with Crippen molar-refractivity contribution in [2.24, 2.45) is 0 Å².